The van der Waals surface area contributed by atoms with Crippen LogP contribution >= 0.6 is 0 Å². The monoisotopic (exact) mass is 393 g/mol. The molecule has 2 aliphatic rings. The molecule has 3 heterocycles. The average molecular weight is 393 g/mol. The minimum atomic E-state index is -0.927. The molecule has 2 aromatic carbocycles. The number of fused-ring (bicyclic) bond motifs is 3. The summed E-state index contributed by atoms with van der Waals surface area (Å²) in [5.74, 6) is -0.651. The second-order valence-electron chi connectivity index (χ2n) is 6.91. The highest BCUT2D eigenvalue weighted by molar-refractivity contribution is 6.01. The second-order valence-corrected chi connectivity index (χ2v) is 6.91. The molecule has 0 amide bonds. The van der Waals surface area contributed by atoms with Crippen molar-refractivity contribution in [3.8, 4) is 11.5 Å². The van der Waals surface area contributed by atoms with E-state index >= 15 is 0 Å². The van der Waals surface area contributed by atoms with Gasteiger partial charge in [-0.15, -0.1) is 0 Å². The molecule has 2 aliphatic heterocycles. The zero-order chi connectivity index (χ0) is 20.0. The number of benzene rings is 2. The van der Waals surface area contributed by atoms with Gasteiger partial charge in [0.25, 0.3) is 0 Å². The Morgan fingerprint density at radius 3 is 2.76 bits per heavy atom. The first-order chi connectivity index (χ1) is 14.2. The molecule has 29 heavy (non-hydrogen) atoms. The molecule has 0 spiro atoms. The Balaban J connectivity index is 1.64. The van der Waals surface area contributed by atoms with Gasteiger partial charge >= 0.3 is 0 Å². The van der Waals surface area contributed by atoms with Crippen molar-refractivity contribution in [3.63, 3.8) is 0 Å². The predicted octanol–water partition coefficient (Wildman–Crippen LogP) is 4.61. The maximum atomic E-state index is 13.9. The van der Waals surface area contributed by atoms with E-state index in [-0.39, 0.29) is 6.04 Å². The van der Waals surface area contributed by atoms with Gasteiger partial charge in [-0.2, -0.15) is 5.10 Å². The molecule has 2 atom stereocenters. The number of nitrogens with zero attached hydrogens (tertiary/aromatic N) is 3. The van der Waals surface area contributed by atoms with Crippen LogP contribution in [0.4, 0.5) is 8.78 Å². The number of ether oxygens (including phenoxy) is 2. The van der Waals surface area contributed by atoms with Gasteiger partial charge in [-0.3, -0.25) is 4.98 Å². The second kappa shape index (κ2) is 6.84. The van der Waals surface area contributed by atoms with Crippen molar-refractivity contribution >= 4 is 5.71 Å². The van der Waals surface area contributed by atoms with Crippen LogP contribution in [0, 0.1) is 11.6 Å². The fourth-order valence-electron chi connectivity index (χ4n) is 3.84. The van der Waals surface area contributed by atoms with E-state index in [1.54, 1.807) is 24.5 Å². The first-order valence-electron chi connectivity index (χ1n) is 9.20. The molecule has 5 nitrogen and oxygen atoms in total. The topological polar surface area (TPSA) is 47.0 Å². The molecule has 0 fully saturated rings. The van der Waals surface area contributed by atoms with E-state index in [0.717, 1.165) is 29.0 Å². The molecular weight excluding hydrogens is 376 g/mol. The molecule has 0 bridgehead atoms. The van der Waals surface area contributed by atoms with E-state index in [9.17, 15) is 8.78 Å². The van der Waals surface area contributed by atoms with Crippen LogP contribution in [0.5, 0.6) is 11.5 Å². The minimum absolute atomic E-state index is 0.123. The SMILES string of the molecule is COc1cccc2c1OC(c1ccc(F)c(F)c1)N1N=C(c3cccnc3)CC21. The number of aromatic nitrogens is 1. The number of halogens is 2. The molecule has 0 saturated heterocycles. The van der Waals surface area contributed by atoms with Crippen LogP contribution in [0.25, 0.3) is 0 Å². The Morgan fingerprint density at radius 2 is 2.00 bits per heavy atom. The highest BCUT2D eigenvalue weighted by Crippen LogP contribution is 2.50. The summed E-state index contributed by atoms with van der Waals surface area (Å²) in [6.07, 6.45) is 3.39. The molecule has 0 N–H and O–H groups in total. The third-order valence-electron chi connectivity index (χ3n) is 5.22. The third kappa shape index (κ3) is 2.90. The van der Waals surface area contributed by atoms with E-state index in [0.29, 0.717) is 23.5 Å². The Kier molecular flexibility index (Phi) is 4.16. The Morgan fingerprint density at radius 1 is 1.10 bits per heavy atom. The van der Waals surface area contributed by atoms with Gasteiger partial charge in [-0.1, -0.05) is 24.3 Å². The number of rotatable bonds is 3. The summed E-state index contributed by atoms with van der Waals surface area (Å²) in [5, 5.41) is 6.57. The van der Waals surface area contributed by atoms with Crippen LogP contribution in [0.3, 0.4) is 0 Å². The zero-order valence-electron chi connectivity index (χ0n) is 15.5. The fourth-order valence-corrected chi connectivity index (χ4v) is 3.84. The van der Waals surface area contributed by atoms with Crippen LogP contribution in [0.1, 0.15) is 35.4 Å². The van der Waals surface area contributed by atoms with Crippen molar-refractivity contribution < 1.29 is 18.3 Å². The maximum absolute atomic E-state index is 13.9. The molecule has 0 radical (unpaired) electrons. The van der Waals surface area contributed by atoms with Crippen molar-refractivity contribution in [2.75, 3.05) is 7.11 Å². The number of hydrogen-bond acceptors (Lipinski definition) is 5. The average Bonchev–Trinajstić information content (AvgIpc) is 3.21. The van der Waals surface area contributed by atoms with Crippen molar-refractivity contribution in [1.29, 1.82) is 0 Å². The van der Waals surface area contributed by atoms with Gasteiger partial charge in [0.15, 0.2) is 23.1 Å². The molecule has 2 unspecified atom stereocenters. The summed E-state index contributed by atoms with van der Waals surface area (Å²) >= 11 is 0. The van der Waals surface area contributed by atoms with Gasteiger partial charge in [-0.05, 0) is 24.3 Å². The largest absolute Gasteiger partial charge is 0.493 e. The number of methoxy groups -OCH3 is 1. The first kappa shape index (κ1) is 17.6. The molecule has 0 saturated carbocycles. The zero-order valence-corrected chi connectivity index (χ0v) is 15.5. The van der Waals surface area contributed by atoms with E-state index in [1.165, 1.54) is 6.07 Å². The minimum Gasteiger partial charge on any atom is -0.493 e. The van der Waals surface area contributed by atoms with Gasteiger partial charge in [0.1, 0.15) is 0 Å². The van der Waals surface area contributed by atoms with Gasteiger partial charge in [0.2, 0.25) is 6.23 Å². The summed E-state index contributed by atoms with van der Waals surface area (Å²) in [7, 11) is 1.57. The Bertz CT molecular complexity index is 1100. The summed E-state index contributed by atoms with van der Waals surface area (Å²) in [6.45, 7) is 0. The Labute approximate surface area is 166 Å². The Hall–Kier alpha value is -3.48. The van der Waals surface area contributed by atoms with E-state index in [1.807, 2.05) is 30.3 Å². The molecular formula is C22H17F2N3O2. The maximum Gasteiger partial charge on any atom is 0.214 e. The van der Waals surface area contributed by atoms with E-state index in [2.05, 4.69) is 4.98 Å². The fraction of sp³-hybridized carbons (Fsp3) is 0.182. The van der Waals surface area contributed by atoms with Crippen molar-refractivity contribution in [2.24, 2.45) is 5.10 Å². The molecule has 146 valence electrons. The van der Waals surface area contributed by atoms with Crippen LogP contribution < -0.4 is 9.47 Å². The lowest BCUT2D eigenvalue weighted by molar-refractivity contribution is -0.0211. The van der Waals surface area contributed by atoms with Gasteiger partial charge in [0, 0.05) is 35.5 Å². The lowest BCUT2D eigenvalue weighted by Crippen LogP contribution is -2.34. The normalized spacial score (nSPS) is 19.8. The lowest BCUT2D eigenvalue weighted by atomic mass is 9.96. The number of hydrazone groups is 1. The first-order valence-corrected chi connectivity index (χ1v) is 9.20. The van der Waals surface area contributed by atoms with Gasteiger partial charge < -0.3 is 9.47 Å². The lowest BCUT2D eigenvalue weighted by Gasteiger charge is -2.38. The van der Waals surface area contributed by atoms with E-state index in [4.69, 9.17) is 14.6 Å². The summed E-state index contributed by atoms with van der Waals surface area (Å²) in [5.41, 5.74) is 3.18. The van der Waals surface area contributed by atoms with Gasteiger partial charge in [-0.25, -0.2) is 13.8 Å². The summed E-state index contributed by atoms with van der Waals surface area (Å²) in [4.78, 5) is 4.17. The quantitative estimate of drug-likeness (QED) is 0.652. The van der Waals surface area contributed by atoms with Crippen LogP contribution in [-0.4, -0.2) is 22.8 Å². The van der Waals surface area contributed by atoms with E-state index < -0.39 is 17.9 Å². The van der Waals surface area contributed by atoms with Crippen molar-refractivity contribution in [1.82, 2.24) is 9.99 Å². The highest BCUT2D eigenvalue weighted by Gasteiger charge is 2.42. The molecule has 1 aromatic heterocycles. The van der Waals surface area contributed by atoms with Crippen molar-refractivity contribution in [3.05, 3.63) is 89.2 Å². The van der Waals surface area contributed by atoms with Crippen molar-refractivity contribution in [2.45, 2.75) is 18.7 Å². The van der Waals surface area contributed by atoms with Gasteiger partial charge in [0.05, 0.1) is 18.9 Å². The predicted molar refractivity (Wildman–Crippen MR) is 103 cm³/mol. The number of pyridine rings is 1. The third-order valence-corrected chi connectivity index (χ3v) is 5.22. The smallest absolute Gasteiger partial charge is 0.214 e. The molecule has 7 heteroatoms. The molecule has 0 aliphatic carbocycles. The number of hydrogen-bond donors (Lipinski definition) is 0. The van der Waals surface area contributed by atoms with Crippen LogP contribution in [0.2, 0.25) is 0 Å². The highest BCUT2D eigenvalue weighted by atomic mass is 19.2. The number of para-hydroxylation sites is 1. The molecule has 3 aromatic rings. The standard InChI is InChI=1S/C22H17F2N3O2/c1-28-20-6-2-5-15-19-11-18(14-4-3-9-25-12-14)26-27(19)22(29-21(15)20)13-7-8-16(23)17(24)10-13/h2-10,12,19,22H,11H2,1H3. The summed E-state index contributed by atoms with van der Waals surface area (Å²) in [6, 6.07) is 13.1. The van der Waals surface area contributed by atoms with Crippen LogP contribution in [0.15, 0.2) is 66.0 Å². The summed E-state index contributed by atoms with van der Waals surface area (Å²) < 4.78 is 39.1. The molecule has 5 rings (SSSR count). The van der Waals surface area contributed by atoms with Crippen LogP contribution in [-0.2, 0) is 0 Å².